The highest BCUT2D eigenvalue weighted by Gasteiger charge is 2.06. The Morgan fingerprint density at radius 3 is 2.67 bits per heavy atom. The molecule has 21 heavy (non-hydrogen) atoms. The normalized spacial score (nSPS) is 10.7. The lowest BCUT2D eigenvalue weighted by molar-refractivity contribution is 0.400. The molecule has 0 atom stereocenters. The van der Waals surface area contributed by atoms with Gasteiger partial charge >= 0.3 is 0 Å². The third kappa shape index (κ3) is 4.36. The summed E-state index contributed by atoms with van der Waals surface area (Å²) < 4.78 is 5.38. The lowest BCUT2D eigenvalue weighted by Crippen LogP contribution is -2.11. The SMILES string of the molecule is COc1ccc(CN(C)C)cc1NCc1ccc(O)cn1. The van der Waals surface area contributed by atoms with Gasteiger partial charge in [0.15, 0.2) is 0 Å². The van der Waals surface area contributed by atoms with Gasteiger partial charge in [0, 0.05) is 6.54 Å². The molecular formula is C16H21N3O2. The summed E-state index contributed by atoms with van der Waals surface area (Å²) in [5, 5.41) is 12.6. The van der Waals surface area contributed by atoms with Crippen molar-refractivity contribution in [1.82, 2.24) is 9.88 Å². The first-order chi connectivity index (χ1) is 10.1. The van der Waals surface area contributed by atoms with E-state index in [9.17, 15) is 5.11 Å². The number of aromatic nitrogens is 1. The van der Waals surface area contributed by atoms with Gasteiger partial charge in [0.25, 0.3) is 0 Å². The number of benzene rings is 1. The molecule has 5 nitrogen and oxygen atoms in total. The smallest absolute Gasteiger partial charge is 0.141 e. The van der Waals surface area contributed by atoms with Crippen LogP contribution in [0.15, 0.2) is 36.5 Å². The molecule has 112 valence electrons. The van der Waals surface area contributed by atoms with E-state index < -0.39 is 0 Å². The number of nitrogens with zero attached hydrogens (tertiary/aromatic N) is 2. The minimum atomic E-state index is 0.171. The van der Waals surface area contributed by atoms with Crippen molar-refractivity contribution in [3.63, 3.8) is 0 Å². The van der Waals surface area contributed by atoms with E-state index >= 15 is 0 Å². The van der Waals surface area contributed by atoms with Crippen molar-refractivity contribution >= 4 is 5.69 Å². The van der Waals surface area contributed by atoms with E-state index in [0.717, 1.165) is 23.7 Å². The fraction of sp³-hybridized carbons (Fsp3) is 0.312. The summed E-state index contributed by atoms with van der Waals surface area (Å²) in [6.07, 6.45) is 1.44. The summed E-state index contributed by atoms with van der Waals surface area (Å²) in [7, 11) is 5.74. The van der Waals surface area contributed by atoms with Gasteiger partial charge in [-0.25, -0.2) is 0 Å². The Balaban J connectivity index is 2.11. The van der Waals surface area contributed by atoms with E-state index in [-0.39, 0.29) is 5.75 Å². The Kier molecular flexibility index (Phi) is 5.00. The first-order valence-corrected chi connectivity index (χ1v) is 6.78. The molecule has 0 fully saturated rings. The highest BCUT2D eigenvalue weighted by Crippen LogP contribution is 2.26. The van der Waals surface area contributed by atoms with Crippen LogP contribution in [0, 0.1) is 0 Å². The quantitative estimate of drug-likeness (QED) is 0.855. The molecule has 0 aliphatic carbocycles. The molecule has 0 bridgehead atoms. The minimum Gasteiger partial charge on any atom is -0.506 e. The molecular weight excluding hydrogens is 266 g/mol. The van der Waals surface area contributed by atoms with Gasteiger partial charge in [0.05, 0.1) is 31.2 Å². The maximum atomic E-state index is 9.24. The fourth-order valence-corrected chi connectivity index (χ4v) is 2.06. The van der Waals surface area contributed by atoms with Crippen LogP contribution in [0.5, 0.6) is 11.5 Å². The summed E-state index contributed by atoms with van der Waals surface area (Å²) >= 11 is 0. The maximum absolute atomic E-state index is 9.24. The third-order valence-electron chi connectivity index (χ3n) is 3.03. The topological polar surface area (TPSA) is 57.6 Å². The van der Waals surface area contributed by atoms with Gasteiger partial charge in [0.2, 0.25) is 0 Å². The lowest BCUT2D eigenvalue weighted by Gasteiger charge is -2.15. The Labute approximate surface area is 125 Å². The Morgan fingerprint density at radius 1 is 1.24 bits per heavy atom. The van der Waals surface area contributed by atoms with Crippen molar-refractivity contribution in [1.29, 1.82) is 0 Å². The van der Waals surface area contributed by atoms with Crippen molar-refractivity contribution in [3.8, 4) is 11.5 Å². The number of anilines is 1. The molecule has 2 rings (SSSR count). The van der Waals surface area contributed by atoms with Crippen LogP contribution in [-0.2, 0) is 13.1 Å². The van der Waals surface area contributed by atoms with Crippen molar-refractivity contribution in [2.45, 2.75) is 13.1 Å². The molecule has 1 aromatic heterocycles. The van der Waals surface area contributed by atoms with Gasteiger partial charge in [-0.05, 0) is 43.9 Å². The Hall–Kier alpha value is -2.27. The molecule has 2 aromatic rings. The van der Waals surface area contributed by atoms with Crippen molar-refractivity contribution in [2.24, 2.45) is 0 Å². The van der Waals surface area contributed by atoms with E-state index in [2.05, 4.69) is 27.3 Å². The average Bonchev–Trinajstić information content (AvgIpc) is 2.46. The van der Waals surface area contributed by atoms with Crippen LogP contribution >= 0.6 is 0 Å². The van der Waals surface area contributed by atoms with Gasteiger partial charge < -0.3 is 20.1 Å². The number of hydrogen-bond donors (Lipinski definition) is 2. The maximum Gasteiger partial charge on any atom is 0.141 e. The van der Waals surface area contributed by atoms with E-state index in [1.165, 1.54) is 11.8 Å². The van der Waals surface area contributed by atoms with E-state index in [1.54, 1.807) is 19.2 Å². The van der Waals surface area contributed by atoms with Crippen molar-refractivity contribution in [2.75, 3.05) is 26.5 Å². The van der Waals surface area contributed by atoms with E-state index in [4.69, 9.17) is 4.74 Å². The third-order valence-corrected chi connectivity index (χ3v) is 3.03. The molecule has 2 N–H and O–H groups in total. The summed E-state index contributed by atoms with van der Waals surface area (Å²) in [5.41, 5.74) is 3.00. The number of rotatable bonds is 6. The van der Waals surface area contributed by atoms with Gasteiger partial charge in [-0.3, -0.25) is 4.98 Å². The molecule has 1 aromatic carbocycles. The molecule has 5 heteroatoms. The van der Waals surface area contributed by atoms with Crippen molar-refractivity contribution < 1.29 is 9.84 Å². The first-order valence-electron chi connectivity index (χ1n) is 6.78. The summed E-state index contributed by atoms with van der Waals surface area (Å²) in [6, 6.07) is 9.52. The zero-order chi connectivity index (χ0) is 15.2. The molecule has 0 spiro atoms. The zero-order valence-corrected chi connectivity index (χ0v) is 12.6. The number of aromatic hydroxyl groups is 1. The summed E-state index contributed by atoms with van der Waals surface area (Å²) in [4.78, 5) is 6.28. The van der Waals surface area contributed by atoms with E-state index in [0.29, 0.717) is 6.54 Å². The Morgan fingerprint density at radius 2 is 2.05 bits per heavy atom. The largest absolute Gasteiger partial charge is 0.506 e. The summed E-state index contributed by atoms with van der Waals surface area (Å²) in [6.45, 7) is 1.44. The van der Waals surface area contributed by atoms with Crippen LogP contribution < -0.4 is 10.1 Å². The fourth-order valence-electron chi connectivity index (χ4n) is 2.06. The van der Waals surface area contributed by atoms with Crippen LogP contribution in [0.4, 0.5) is 5.69 Å². The predicted octanol–water partition coefficient (Wildman–Crippen LogP) is 2.47. The van der Waals surface area contributed by atoms with Crippen LogP contribution in [-0.4, -0.2) is 36.2 Å². The van der Waals surface area contributed by atoms with Crippen molar-refractivity contribution in [3.05, 3.63) is 47.8 Å². The van der Waals surface area contributed by atoms with Gasteiger partial charge in [-0.15, -0.1) is 0 Å². The number of ether oxygens (including phenoxy) is 1. The van der Waals surface area contributed by atoms with E-state index in [1.807, 2.05) is 20.2 Å². The molecule has 0 radical (unpaired) electrons. The number of hydrogen-bond acceptors (Lipinski definition) is 5. The van der Waals surface area contributed by atoms with Crippen LogP contribution in [0.1, 0.15) is 11.3 Å². The van der Waals surface area contributed by atoms with Gasteiger partial charge in [-0.1, -0.05) is 6.07 Å². The molecule has 0 saturated carbocycles. The molecule has 0 aliphatic rings. The van der Waals surface area contributed by atoms with Crippen LogP contribution in [0.3, 0.4) is 0 Å². The summed E-state index contributed by atoms with van der Waals surface area (Å²) in [5.74, 6) is 0.973. The molecule has 1 heterocycles. The van der Waals surface area contributed by atoms with Gasteiger partial charge in [0.1, 0.15) is 11.5 Å². The average molecular weight is 287 g/mol. The number of nitrogens with one attached hydrogen (secondary N) is 1. The standard InChI is InChI=1S/C16H21N3O2/c1-19(2)11-12-4-7-16(21-3)15(8-12)18-9-13-5-6-14(20)10-17-13/h4-8,10,18,20H,9,11H2,1-3H3. The molecule has 0 amide bonds. The molecule has 0 unspecified atom stereocenters. The first kappa shape index (κ1) is 15.1. The second kappa shape index (κ2) is 6.95. The second-order valence-electron chi connectivity index (χ2n) is 5.13. The lowest BCUT2D eigenvalue weighted by atomic mass is 10.1. The predicted molar refractivity (Wildman–Crippen MR) is 83.6 cm³/mol. The highest BCUT2D eigenvalue weighted by molar-refractivity contribution is 5.58. The highest BCUT2D eigenvalue weighted by atomic mass is 16.5. The van der Waals surface area contributed by atoms with Crippen LogP contribution in [0.25, 0.3) is 0 Å². The van der Waals surface area contributed by atoms with Gasteiger partial charge in [-0.2, -0.15) is 0 Å². The number of pyridine rings is 1. The zero-order valence-electron chi connectivity index (χ0n) is 12.6. The molecule has 0 aliphatic heterocycles. The Bertz CT molecular complexity index is 583. The second-order valence-corrected chi connectivity index (χ2v) is 5.13. The minimum absolute atomic E-state index is 0.171. The molecule has 0 saturated heterocycles. The van der Waals surface area contributed by atoms with Crippen LogP contribution in [0.2, 0.25) is 0 Å². The number of methoxy groups -OCH3 is 1. The monoisotopic (exact) mass is 287 g/mol.